The van der Waals surface area contributed by atoms with Crippen LogP contribution < -0.4 is 0 Å². The molecule has 0 atom stereocenters. The summed E-state index contributed by atoms with van der Waals surface area (Å²) in [6.07, 6.45) is 0.549. The Morgan fingerprint density at radius 1 is 1.00 bits per heavy atom. The number of benzene rings is 2. The lowest BCUT2D eigenvalue weighted by Crippen LogP contribution is -2.08. The number of carbonyl (C=O) groups is 1. The Balaban J connectivity index is 2.24. The minimum Gasteiger partial charge on any atom is -0.293 e. The first kappa shape index (κ1) is 13.3. The van der Waals surface area contributed by atoms with Crippen LogP contribution >= 0.6 is 0 Å². The van der Waals surface area contributed by atoms with Crippen molar-refractivity contribution in [3.8, 4) is 11.1 Å². The lowest BCUT2D eigenvalue weighted by molar-refractivity contribution is -0.239. The summed E-state index contributed by atoms with van der Waals surface area (Å²) in [5, 5.41) is 0. The van der Waals surface area contributed by atoms with Crippen LogP contribution in [0.1, 0.15) is 16.8 Å². The largest absolute Gasteiger partial charge is 0.373 e. The maximum atomic E-state index is 11.9. The monoisotopic (exact) mass is 255 g/mol. The van der Waals surface area contributed by atoms with Crippen LogP contribution in [0.3, 0.4) is 0 Å². The summed E-state index contributed by atoms with van der Waals surface area (Å²) in [7, 11) is 0. The van der Waals surface area contributed by atoms with Gasteiger partial charge in [-0.05, 0) is 23.6 Å². The summed E-state index contributed by atoms with van der Waals surface area (Å²) in [5.41, 5.74) is 2.27. The SMILES string of the molecule is [CH2]CCOOC(=O)c1ccccc1-c1ccccc1. The molecule has 2 rings (SSSR count). The third-order valence-corrected chi connectivity index (χ3v) is 2.59. The summed E-state index contributed by atoms with van der Waals surface area (Å²) >= 11 is 0. The van der Waals surface area contributed by atoms with E-state index < -0.39 is 5.97 Å². The van der Waals surface area contributed by atoms with Gasteiger partial charge in [0.05, 0.1) is 12.2 Å². The van der Waals surface area contributed by atoms with Crippen molar-refractivity contribution in [1.29, 1.82) is 0 Å². The van der Waals surface area contributed by atoms with Gasteiger partial charge in [0, 0.05) is 0 Å². The van der Waals surface area contributed by atoms with E-state index in [-0.39, 0.29) is 0 Å². The predicted octanol–water partition coefficient (Wildman–Crippen LogP) is 3.67. The highest BCUT2D eigenvalue weighted by Crippen LogP contribution is 2.23. The fourth-order valence-electron chi connectivity index (χ4n) is 1.73. The van der Waals surface area contributed by atoms with Gasteiger partial charge in [0.1, 0.15) is 0 Å². The lowest BCUT2D eigenvalue weighted by Gasteiger charge is -2.08. The van der Waals surface area contributed by atoms with Gasteiger partial charge in [-0.25, -0.2) is 4.79 Å². The lowest BCUT2D eigenvalue weighted by atomic mass is 10.00. The van der Waals surface area contributed by atoms with Crippen molar-refractivity contribution in [3.63, 3.8) is 0 Å². The number of hydrogen-bond donors (Lipinski definition) is 0. The van der Waals surface area contributed by atoms with Crippen molar-refractivity contribution in [2.24, 2.45) is 0 Å². The average molecular weight is 255 g/mol. The van der Waals surface area contributed by atoms with Crippen molar-refractivity contribution >= 4 is 5.97 Å². The number of rotatable bonds is 5. The van der Waals surface area contributed by atoms with E-state index in [0.29, 0.717) is 18.6 Å². The van der Waals surface area contributed by atoms with E-state index in [9.17, 15) is 4.79 Å². The Morgan fingerprint density at radius 3 is 2.42 bits per heavy atom. The highest BCUT2D eigenvalue weighted by atomic mass is 17.2. The first-order valence-corrected chi connectivity index (χ1v) is 6.10. The van der Waals surface area contributed by atoms with Crippen LogP contribution in [0.15, 0.2) is 54.6 Å². The van der Waals surface area contributed by atoms with Crippen molar-refractivity contribution in [2.45, 2.75) is 6.42 Å². The molecule has 0 heterocycles. The van der Waals surface area contributed by atoms with Crippen LogP contribution in [0.25, 0.3) is 11.1 Å². The van der Waals surface area contributed by atoms with Gasteiger partial charge >= 0.3 is 5.97 Å². The second-order valence-corrected chi connectivity index (χ2v) is 3.96. The van der Waals surface area contributed by atoms with Crippen LogP contribution in [0.2, 0.25) is 0 Å². The topological polar surface area (TPSA) is 35.5 Å². The number of carbonyl (C=O) groups excluding carboxylic acids is 1. The van der Waals surface area contributed by atoms with Gasteiger partial charge in [0.25, 0.3) is 0 Å². The van der Waals surface area contributed by atoms with E-state index in [1.165, 1.54) is 0 Å². The van der Waals surface area contributed by atoms with Gasteiger partial charge in [-0.1, -0.05) is 55.5 Å². The average Bonchev–Trinajstić information content (AvgIpc) is 2.48. The molecule has 1 radical (unpaired) electrons. The molecule has 0 aliphatic carbocycles. The molecule has 0 aliphatic rings. The highest BCUT2D eigenvalue weighted by molar-refractivity contribution is 5.96. The maximum absolute atomic E-state index is 11.9. The molecule has 0 spiro atoms. The molecule has 0 aliphatic heterocycles. The Bertz CT molecular complexity index is 535. The molecule has 0 unspecified atom stereocenters. The molecule has 2 aromatic rings. The summed E-state index contributed by atoms with van der Waals surface area (Å²) in [6.45, 7) is 3.90. The van der Waals surface area contributed by atoms with E-state index in [4.69, 9.17) is 9.78 Å². The number of hydrogen-bond acceptors (Lipinski definition) is 3. The summed E-state index contributed by atoms with van der Waals surface area (Å²) < 4.78 is 0. The minimum absolute atomic E-state index is 0.291. The van der Waals surface area contributed by atoms with Gasteiger partial charge < -0.3 is 0 Å². The summed E-state index contributed by atoms with van der Waals surface area (Å²) in [4.78, 5) is 21.5. The quantitative estimate of drug-likeness (QED) is 0.464. The maximum Gasteiger partial charge on any atom is 0.373 e. The Hall–Kier alpha value is -2.13. The molecule has 0 bridgehead atoms. The van der Waals surface area contributed by atoms with Crippen molar-refractivity contribution in [3.05, 3.63) is 67.1 Å². The van der Waals surface area contributed by atoms with Gasteiger partial charge in [0.15, 0.2) is 0 Å². The van der Waals surface area contributed by atoms with E-state index in [2.05, 4.69) is 6.92 Å². The molecule has 0 aromatic heterocycles. The first-order valence-electron chi connectivity index (χ1n) is 6.10. The predicted molar refractivity (Wildman–Crippen MR) is 73.2 cm³/mol. The zero-order valence-electron chi connectivity index (χ0n) is 10.5. The summed E-state index contributed by atoms with van der Waals surface area (Å²) in [5.74, 6) is -0.493. The van der Waals surface area contributed by atoms with E-state index in [1.807, 2.05) is 42.5 Å². The molecule has 0 saturated carbocycles. The molecule has 3 heteroatoms. The summed E-state index contributed by atoms with van der Waals surface area (Å²) in [6, 6.07) is 17.0. The second kappa shape index (κ2) is 6.71. The zero-order chi connectivity index (χ0) is 13.5. The molecule has 0 fully saturated rings. The van der Waals surface area contributed by atoms with Crippen LogP contribution in [0.5, 0.6) is 0 Å². The Labute approximate surface area is 112 Å². The second-order valence-electron chi connectivity index (χ2n) is 3.96. The third kappa shape index (κ3) is 3.42. The van der Waals surface area contributed by atoms with Gasteiger partial charge in [-0.15, -0.1) is 0 Å². The molecular weight excluding hydrogens is 240 g/mol. The fourth-order valence-corrected chi connectivity index (χ4v) is 1.73. The Morgan fingerprint density at radius 2 is 1.68 bits per heavy atom. The molecule has 0 amide bonds. The normalized spacial score (nSPS) is 10.2. The van der Waals surface area contributed by atoms with Crippen molar-refractivity contribution < 1.29 is 14.6 Å². The smallest absolute Gasteiger partial charge is 0.293 e. The zero-order valence-corrected chi connectivity index (χ0v) is 10.5. The van der Waals surface area contributed by atoms with Crippen LogP contribution in [-0.4, -0.2) is 12.6 Å². The molecular formula is C16H15O3. The molecule has 0 N–H and O–H groups in total. The molecule has 19 heavy (non-hydrogen) atoms. The fraction of sp³-hybridized carbons (Fsp3) is 0.125. The standard InChI is InChI=1S/C16H15O3/c1-2-12-18-19-16(17)15-11-7-6-10-14(15)13-8-4-3-5-9-13/h3-11H,1-2,12H2. The highest BCUT2D eigenvalue weighted by Gasteiger charge is 2.14. The first-order chi connectivity index (χ1) is 9.33. The molecule has 97 valence electrons. The van der Waals surface area contributed by atoms with Crippen LogP contribution in [0.4, 0.5) is 0 Å². The van der Waals surface area contributed by atoms with Gasteiger partial charge in [0.2, 0.25) is 0 Å². The van der Waals surface area contributed by atoms with Crippen LogP contribution in [0, 0.1) is 6.92 Å². The van der Waals surface area contributed by atoms with Gasteiger partial charge in [-0.2, -0.15) is 4.89 Å². The molecule has 2 aromatic carbocycles. The van der Waals surface area contributed by atoms with Crippen LogP contribution in [-0.2, 0) is 9.78 Å². The minimum atomic E-state index is -0.493. The molecule has 0 saturated heterocycles. The van der Waals surface area contributed by atoms with Crippen molar-refractivity contribution in [1.82, 2.24) is 0 Å². The van der Waals surface area contributed by atoms with Gasteiger partial charge in [-0.3, -0.25) is 4.89 Å². The molecule has 3 nitrogen and oxygen atoms in total. The third-order valence-electron chi connectivity index (χ3n) is 2.59. The van der Waals surface area contributed by atoms with E-state index in [1.54, 1.807) is 12.1 Å². The Kier molecular flexibility index (Phi) is 4.70. The van der Waals surface area contributed by atoms with E-state index >= 15 is 0 Å². The van der Waals surface area contributed by atoms with E-state index in [0.717, 1.165) is 11.1 Å². The van der Waals surface area contributed by atoms with Crippen molar-refractivity contribution in [2.75, 3.05) is 6.61 Å².